The Morgan fingerprint density at radius 3 is 2.80 bits per heavy atom. The van der Waals surface area contributed by atoms with E-state index < -0.39 is 5.92 Å². The van der Waals surface area contributed by atoms with Crippen molar-refractivity contribution in [3.63, 3.8) is 0 Å². The Bertz CT molecular complexity index is 776. The van der Waals surface area contributed by atoms with Crippen LogP contribution < -0.4 is 15.0 Å². The van der Waals surface area contributed by atoms with Gasteiger partial charge in [-0.25, -0.2) is 4.98 Å². The van der Waals surface area contributed by atoms with Crippen molar-refractivity contribution >= 4 is 23.3 Å². The van der Waals surface area contributed by atoms with Crippen molar-refractivity contribution in [3.05, 3.63) is 42.6 Å². The van der Waals surface area contributed by atoms with Gasteiger partial charge in [0.05, 0.1) is 12.5 Å². The van der Waals surface area contributed by atoms with Gasteiger partial charge in [0.15, 0.2) is 11.6 Å². The van der Waals surface area contributed by atoms with Crippen molar-refractivity contribution in [2.75, 3.05) is 23.4 Å². The number of hydrogen-bond donors (Lipinski definition) is 2. The number of carbonyl (C=O) groups is 2. The van der Waals surface area contributed by atoms with Crippen molar-refractivity contribution in [1.82, 2.24) is 4.98 Å². The number of ether oxygens (including phenoxy) is 1. The molecule has 0 spiro atoms. The molecule has 2 heterocycles. The molecule has 3 rings (SSSR count). The molecule has 7 nitrogen and oxygen atoms in total. The number of nitrogens with zero attached hydrogens (tertiary/aromatic N) is 2. The molecule has 1 aliphatic heterocycles. The van der Waals surface area contributed by atoms with Crippen LogP contribution in [-0.4, -0.2) is 35.1 Å². The number of aromatic nitrogens is 1. The summed E-state index contributed by atoms with van der Waals surface area (Å²) in [4.78, 5) is 30.1. The number of benzene rings is 1. The van der Waals surface area contributed by atoms with Crippen LogP contribution in [0.15, 0.2) is 42.6 Å². The Morgan fingerprint density at radius 2 is 2.12 bits per heavy atom. The summed E-state index contributed by atoms with van der Waals surface area (Å²) in [6.07, 6.45) is 1.59. The van der Waals surface area contributed by atoms with E-state index in [1.165, 1.54) is 12.3 Å². The summed E-state index contributed by atoms with van der Waals surface area (Å²) in [5, 5.41) is 12.3. The van der Waals surface area contributed by atoms with Crippen LogP contribution >= 0.6 is 0 Å². The lowest BCUT2D eigenvalue weighted by molar-refractivity contribution is -0.122. The minimum absolute atomic E-state index is 0.0967. The van der Waals surface area contributed by atoms with Crippen molar-refractivity contribution in [1.29, 1.82) is 0 Å². The highest BCUT2D eigenvalue weighted by Gasteiger charge is 2.35. The Balaban J connectivity index is 1.67. The fourth-order valence-electron chi connectivity index (χ4n) is 2.73. The number of amides is 2. The highest BCUT2D eigenvalue weighted by atomic mass is 16.5. The number of pyridine rings is 1. The third-order valence-corrected chi connectivity index (χ3v) is 3.98. The number of aromatic hydroxyl groups is 1. The third kappa shape index (κ3) is 3.71. The summed E-state index contributed by atoms with van der Waals surface area (Å²) in [6, 6.07) is 10.2. The van der Waals surface area contributed by atoms with E-state index in [0.717, 1.165) is 11.4 Å². The first kappa shape index (κ1) is 16.8. The molecule has 1 aliphatic rings. The smallest absolute Gasteiger partial charge is 0.231 e. The van der Waals surface area contributed by atoms with E-state index in [1.807, 2.05) is 6.92 Å². The van der Waals surface area contributed by atoms with Gasteiger partial charge in [-0.1, -0.05) is 0 Å². The van der Waals surface area contributed by atoms with E-state index >= 15 is 0 Å². The van der Waals surface area contributed by atoms with Gasteiger partial charge in [-0.3, -0.25) is 9.59 Å². The molecular weight excluding hydrogens is 322 g/mol. The zero-order chi connectivity index (χ0) is 17.8. The van der Waals surface area contributed by atoms with E-state index in [0.29, 0.717) is 6.61 Å². The molecule has 2 aromatic rings. The van der Waals surface area contributed by atoms with Gasteiger partial charge in [0.1, 0.15) is 5.75 Å². The summed E-state index contributed by atoms with van der Waals surface area (Å²) >= 11 is 0. The van der Waals surface area contributed by atoms with Crippen LogP contribution in [0.5, 0.6) is 11.5 Å². The van der Waals surface area contributed by atoms with Gasteiger partial charge in [-0.15, -0.1) is 0 Å². The molecule has 0 aliphatic carbocycles. The van der Waals surface area contributed by atoms with Gasteiger partial charge in [0, 0.05) is 24.8 Å². The fourth-order valence-corrected chi connectivity index (χ4v) is 2.73. The Labute approximate surface area is 145 Å². The predicted octanol–water partition coefficient (Wildman–Crippen LogP) is 2.18. The molecule has 1 aromatic heterocycles. The topological polar surface area (TPSA) is 91.8 Å². The SMILES string of the molecule is CCOc1ccc(N2C[C@H](C(=O)Nc3ncccc3O)CC2=O)cc1. The largest absolute Gasteiger partial charge is 0.504 e. The van der Waals surface area contributed by atoms with Gasteiger partial charge in [0.25, 0.3) is 0 Å². The van der Waals surface area contributed by atoms with Crippen LogP contribution in [0.1, 0.15) is 13.3 Å². The number of hydrogen-bond acceptors (Lipinski definition) is 5. The van der Waals surface area contributed by atoms with E-state index in [-0.39, 0.29) is 36.3 Å². The monoisotopic (exact) mass is 341 g/mol. The quantitative estimate of drug-likeness (QED) is 0.870. The van der Waals surface area contributed by atoms with E-state index in [4.69, 9.17) is 4.74 Å². The van der Waals surface area contributed by atoms with Crippen LogP contribution in [0.3, 0.4) is 0 Å². The lowest BCUT2D eigenvalue weighted by atomic mass is 10.1. The molecule has 130 valence electrons. The van der Waals surface area contributed by atoms with Crippen LogP contribution in [0, 0.1) is 5.92 Å². The van der Waals surface area contributed by atoms with Crippen molar-refractivity contribution in [2.45, 2.75) is 13.3 Å². The van der Waals surface area contributed by atoms with Crippen LogP contribution in [0.2, 0.25) is 0 Å². The summed E-state index contributed by atoms with van der Waals surface area (Å²) in [6.45, 7) is 2.76. The first-order valence-electron chi connectivity index (χ1n) is 8.06. The van der Waals surface area contributed by atoms with Crippen molar-refractivity contribution in [2.24, 2.45) is 5.92 Å². The van der Waals surface area contributed by atoms with Crippen molar-refractivity contribution in [3.8, 4) is 11.5 Å². The minimum Gasteiger partial charge on any atom is -0.504 e. The van der Waals surface area contributed by atoms with E-state index in [9.17, 15) is 14.7 Å². The summed E-state index contributed by atoms with van der Waals surface area (Å²) in [5.74, 6) is -0.230. The standard InChI is InChI=1S/C18H19N3O4/c1-2-25-14-7-5-13(6-8-14)21-11-12(10-16(21)23)18(24)20-17-15(22)4-3-9-19-17/h3-9,12,22H,2,10-11H2,1H3,(H,19,20,24)/t12-/m1/s1. The Kier molecular flexibility index (Phi) is 4.83. The van der Waals surface area contributed by atoms with Crippen LogP contribution in [-0.2, 0) is 9.59 Å². The summed E-state index contributed by atoms with van der Waals surface area (Å²) in [7, 11) is 0. The molecule has 0 saturated carbocycles. The highest BCUT2D eigenvalue weighted by molar-refractivity contribution is 6.03. The predicted molar refractivity (Wildman–Crippen MR) is 92.6 cm³/mol. The minimum atomic E-state index is -0.500. The number of carbonyl (C=O) groups excluding carboxylic acids is 2. The average molecular weight is 341 g/mol. The molecule has 25 heavy (non-hydrogen) atoms. The molecule has 1 aromatic carbocycles. The lowest BCUT2D eigenvalue weighted by Gasteiger charge is -2.17. The maximum atomic E-state index is 12.4. The molecule has 1 saturated heterocycles. The van der Waals surface area contributed by atoms with Crippen LogP contribution in [0.4, 0.5) is 11.5 Å². The fraction of sp³-hybridized carbons (Fsp3) is 0.278. The lowest BCUT2D eigenvalue weighted by Crippen LogP contribution is -2.28. The maximum Gasteiger partial charge on any atom is 0.231 e. The average Bonchev–Trinajstić information content (AvgIpc) is 3.00. The molecule has 2 amide bonds. The van der Waals surface area contributed by atoms with E-state index in [1.54, 1.807) is 35.2 Å². The second kappa shape index (κ2) is 7.21. The molecule has 7 heteroatoms. The molecular formula is C18H19N3O4. The molecule has 1 atom stereocenters. The first-order chi connectivity index (χ1) is 12.1. The van der Waals surface area contributed by atoms with Gasteiger partial charge >= 0.3 is 0 Å². The molecule has 2 N–H and O–H groups in total. The zero-order valence-corrected chi connectivity index (χ0v) is 13.8. The second-order valence-electron chi connectivity index (χ2n) is 5.69. The number of anilines is 2. The van der Waals surface area contributed by atoms with Crippen LogP contribution in [0.25, 0.3) is 0 Å². The zero-order valence-electron chi connectivity index (χ0n) is 13.8. The third-order valence-electron chi connectivity index (χ3n) is 3.98. The molecule has 1 fully saturated rings. The van der Waals surface area contributed by atoms with Gasteiger partial charge in [-0.05, 0) is 43.3 Å². The number of rotatable bonds is 5. The first-order valence-corrected chi connectivity index (χ1v) is 8.06. The summed E-state index contributed by atoms with van der Waals surface area (Å²) < 4.78 is 5.39. The summed E-state index contributed by atoms with van der Waals surface area (Å²) in [5.41, 5.74) is 0.726. The van der Waals surface area contributed by atoms with Gasteiger partial charge in [-0.2, -0.15) is 0 Å². The molecule has 0 bridgehead atoms. The normalized spacial score (nSPS) is 16.8. The highest BCUT2D eigenvalue weighted by Crippen LogP contribution is 2.28. The Hall–Kier alpha value is -3.09. The van der Waals surface area contributed by atoms with Crippen molar-refractivity contribution < 1.29 is 19.4 Å². The Morgan fingerprint density at radius 1 is 1.36 bits per heavy atom. The number of nitrogens with one attached hydrogen (secondary N) is 1. The van der Waals surface area contributed by atoms with E-state index in [2.05, 4.69) is 10.3 Å². The molecule has 0 unspecified atom stereocenters. The molecule has 0 radical (unpaired) electrons. The van der Waals surface area contributed by atoms with Gasteiger partial charge in [0.2, 0.25) is 11.8 Å². The van der Waals surface area contributed by atoms with Gasteiger partial charge < -0.3 is 20.1 Å². The maximum absolute atomic E-state index is 12.4. The second-order valence-corrected chi connectivity index (χ2v) is 5.69.